The summed E-state index contributed by atoms with van der Waals surface area (Å²) in [4.78, 5) is 28.3. The summed E-state index contributed by atoms with van der Waals surface area (Å²) >= 11 is 0. The van der Waals surface area contributed by atoms with Crippen molar-refractivity contribution < 1.29 is 14.3 Å². The second-order valence-electron chi connectivity index (χ2n) is 7.96. The fourth-order valence-corrected chi connectivity index (χ4v) is 3.79. The fourth-order valence-electron chi connectivity index (χ4n) is 3.79. The minimum Gasteiger partial charge on any atom is -0.497 e. The molecule has 0 aromatic heterocycles. The van der Waals surface area contributed by atoms with Gasteiger partial charge in [0.25, 0.3) is 0 Å². The highest BCUT2D eigenvalue weighted by atomic mass is 16.5. The van der Waals surface area contributed by atoms with Crippen LogP contribution >= 0.6 is 0 Å². The van der Waals surface area contributed by atoms with E-state index in [2.05, 4.69) is 5.32 Å². The van der Waals surface area contributed by atoms with Crippen LogP contribution in [-0.4, -0.2) is 30.4 Å². The first-order valence-electron chi connectivity index (χ1n) is 11.4. The van der Waals surface area contributed by atoms with Gasteiger partial charge in [-0.3, -0.25) is 9.59 Å². The van der Waals surface area contributed by atoms with Crippen LogP contribution < -0.4 is 10.1 Å². The maximum atomic E-state index is 13.4. The molecule has 1 N–H and O–H groups in total. The van der Waals surface area contributed by atoms with Gasteiger partial charge < -0.3 is 15.0 Å². The smallest absolute Gasteiger partial charge is 0.247 e. The summed E-state index contributed by atoms with van der Waals surface area (Å²) in [7, 11) is 1.64. The summed E-state index contributed by atoms with van der Waals surface area (Å²) in [6, 6.07) is 26.5. The molecule has 0 saturated heterocycles. The molecule has 1 atom stereocenters. The van der Waals surface area contributed by atoms with Crippen molar-refractivity contribution in [1.82, 2.24) is 10.2 Å². The molecule has 5 nitrogen and oxygen atoms in total. The third-order valence-electron chi connectivity index (χ3n) is 5.53. The molecule has 3 rings (SSSR count). The van der Waals surface area contributed by atoms with Gasteiger partial charge in [-0.05, 0) is 41.7 Å². The van der Waals surface area contributed by atoms with Crippen molar-refractivity contribution in [2.75, 3.05) is 13.7 Å². The van der Waals surface area contributed by atoms with E-state index >= 15 is 0 Å². The van der Waals surface area contributed by atoms with Crippen LogP contribution in [0.25, 0.3) is 0 Å². The van der Waals surface area contributed by atoms with Crippen LogP contribution in [0.5, 0.6) is 5.75 Å². The van der Waals surface area contributed by atoms with Crippen LogP contribution in [0.15, 0.2) is 84.9 Å². The van der Waals surface area contributed by atoms with Crippen molar-refractivity contribution in [3.8, 4) is 5.75 Å². The Morgan fingerprint density at radius 2 is 1.52 bits per heavy atom. The summed E-state index contributed by atoms with van der Waals surface area (Å²) in [5, 5.41) is 3.06. The van der Waals surface area contributed by atoms with E-state index in [1.54, 1.807) is 12.0 Å². The van der Waals surface area contributed by atoms with Crippen LogP contribution in [0.4, 0.5) is 0 Å². The maximum absolute atomic E-state index is 13.4. The van der Waals surface area contributed by atoms with E-state index in [0.29, 0.717) is 25.9 Å². The molecular formula is C28H32N2O3. The zero-order chi connectivity index (χ0) is 23.5. The van der Waals surface area contributed by atoms with Crippen molar-refractivity contribution in [3.05, 3.63) is 102 Å². The molecule has 0 saturated carbocycles. The number of hydrogen-bond acceptors (Lipinski definition) is 3. The van der Waals surface area contributed by atoms with Gasteiger partial charge in [0.05, 0.1) is 7.11 Å². The van der Waals surface area contributed by atoms with Gasteiger partial charge in [-0.1, -0.05) is 79.7 Å². The van der Waals surface area contributed by atoms with E-state index in [4.69, 9.17) is 4.74 Å². The average Bonchev–Trinajstić information content (AvgIpc) is 2.85. The van der Waals surface area contributed by atoms with Crippen LogP contribution in [0.2, 0.25) is 0 Å². The van der Waals surface area contributed by atoms with Gasteiger partial charge in [-0.2, -0.15) is 0 Å². The summed E-state index contributed by atoms with van der Waals surface area (Å²) in [6.07, 6.45) is 1.82. The molecule has 5 heteroatoms. The Bertz CT molecular complexity index is 1000. The Kier molecular flexibility index (Phi) is 9.07. The van der Waals surface area contributed by atoms with Crippen molar-refractivity contribution in [1.29, 1.82) is 0 Å². The van der Waals surface area contributed by atoms with Gasteiger partial charge in [-0.25, -0.2) is 0 Å². The molecule has 33 heavy (non-hydrogen) atoms. The first kappa shape index (κ1) is 24.1. The number of benzene rings is 3. The number of methoxy groups -OCH3 is 1. The molecule has 0 aliphatic carbocycles. The molecule has 0 bridgehead atoms. The summed E-state index contributed by atoms with van der Waals surface area (Å²) in [6.45, 7) is 2.84. The standard InChI is InChI=1S/C28H32N2O3/c1-3-10-26(31)30(21-23-11-6-4-7-12-23)27(24-13-8-5-9-14-24)28(32)29-20-19-22-15-17-25(33-2)18-16-22/h4-9,11-18,27H,3,10,19-21H2,1-2H3,(H,29,32)/t27-/m0/s1. The van der Waals surface area contributed by atoms with Gasteiger partial charge in [0.15, 0.2) is 0 Å². The highest BCUT2D eigenvalue weighted by molar-refractivity contribution is 5.88. The van der Waals surface area contributed by atoms with E-state index in [9.17, 15) is 9.59 Å². The lowest BCUT2D eigenvalue weighted by molar-refractivity contribution is -0.141. The normalized spacial score (nSPS) is 11.5. The topological polar surface area (TPSA) is 58.6 Å². The minimum atomic E-state index is -0.693. The van der Waals surface area contributed by atoms with Gasteiger partial charge in [0, 0.05) is 19.5 Å². The van der Waals surface area contributed by atoms with Crippen molar-refractivity contribution in [2.24, 2.45) is 0 Å². The molecule has 3 aromatic rings. The largest absolute Gasteiger partial charge is 0.497 e. The maximum Gasteiger partial charge on any atom is 0.247 e. The molecule has 172 valence electrons. The number of amides is 2. The predicted octanol–water partition coefficient (Wildman–Crippen LogP) is 4.92. The molecule has 3 aromatic carbocycles. The highest BCUT2D eigenvalue weighted by Gasteiger charge is 2.30. The minimum absolute atomic E-state index is 0.0273. The van der Waals surface area contributed by atoms with Gasteiger partial charge in [0.1, 0.15) is 11.8 Å². The molecular weight excluding hydrogens is 412 g/mol. The number of rotatable bonds is 11. The van der Waals surface area contributed by atoms with Crippen molar-refractivity contribution >= 4 is 11.8 Å². The molecule has 2 amide bonds. The molecule has 0 spiro atoms. The second kappa shape index (κ2) is 12.4. The van der Waals surface area contributed by atoms with Gasteiger partial charge in [-0.15, -0.1) is 0 Å². The zero-order valence-electron chi connectivity index (χ0n) is 19.4. The Labute approximate surface area is 196 Å². The third-order valence-corrected chi connectivity index (χ3v) is 5.53. The monoisotopic (exact) mass is 444 g/mol. The number of carbonyl (C=O) groups excluding carboxylic acids is 2. The van der Waals surface area contributed by atoms with E-state index < -0.39 is 6.04 Å². The molecule has 0 radical (unpaired) electrons. The number of nitrogens with one attached hydrogen (secondary N) is 1. The lowest BCUT2D eigenvalue weighted by Crippen LogP contribution is -2.43. The van der Waals surface area contributed by atoms with E-state index in [1.165, 1.54) is 0 Å². The fraction of sp³-hybridized carbons (Fsp3) is 0.286. The Morgan fingerprint density at radius 1 is 0.879 bits per heavy atom. The molecule has 0 aliphatic rings. The summed E-state index contributed by atoms with van der Waals surface area (Å²) < 4.78 is 5.20. The SMILES string of the molecule is CCCC(=O)N(Cc1ccccc1)[C@H](C(=O)NCCc1ccc(OC)cc1)c1ccccc1. The third kappa shape index (κ3) is 6.94. The van der Waals surface area contributed by atoms with E-state index in [-0.39, 0.29) is 11.8 Å². The van der Waals surface area contributed by atoms with Crippen LogP contribution in [0.1, 0.15) is 42.5 Å². The van der Waals surface area contributed by atoms with Crippen molar-refractivity contribution in [3.63, 3.8) is 0 Å². The zero-order valence-corrected chi connectivity index (χ0v) is 19.4. The average molecular weight is 445 g/mol. The number of carbonyl (C=O) groups is 2. The van der Waals surface area contributed by atoms with Crippen LogP contribution in [0.3, 0.4) is 0 Å². The first-order valence-corrected chi connectivity index (χ1v) is 11.4. The lowest BCUT2D eigenvalue weighted by Gasteiger charge is -2.31. The highest BCUT2D eigenvalue weighted by Crippen LogP contribution is 2.25. The molecule has 0 fully saturated rings. The summed E-state index contributed by atoms with van der Waals surface area (Å²) in [5.41, 5.74) is 2.91. The number of ether oxygens (including phenoxy) is 1. The van der Waals surface area contributed by atoms with Crippen LogP contribution in [0, 0.1) is 0 Å². The first-order chi connectivity index (χ1) is 16.1. The molecule has 0 heterocycles. The van der Waals surface area contributed by atoms with Crippen molar-refractivity contribution in [2.45, 2.75) is 38.8 Å². The quantitative estimate of drug-likeness (QED) is 0.456. The number of nitrogens with zero attached hydrogens (tertiary/aromatic N) is 1. The molecule has 0 unspecified atom stereocenters. The number of hydrogen-bond donors (Lipinski definition) is 1. The Balaban J connectivity index is 1.80. The Morgan fingerprint density at radius 3 is 2.12 bits per heavy atom. The van der Waals surface area contributed by atoms with E-state index in [0.717, 1.165) is 28.9 Å². The van der Waals surface area contributed by atoms with Crippen LogP contribution in [-0.2, 0) is 22.6 Å². The molecule has 0 aliphatic heterocycles. The lowest BCUT2D eigenvalue weighted by atomic mass is 10.0. The second-order valence-corrected chi connectivity index (χ2v) is 7.96. The van der Waals surface area contributed by atoms with E-state index in [1.807, 2.05) is 91.9 Å². The predicted molar refractivity (Wildman–Crippen MR) is 131 cm³/mol. The Hall–Kier alpha value is -3.60. The van der Waals surface area contributed by atoms with Gasteiger partial charge in [0.2, 0.25) is 11.8 Å². The summed E-state index contributed by atoms with van der Waals surface area (Å²) in [5.74, 6) is 0.605. The van der Waals surface area contributed by atoms with Gasteiger partial charge >= 0.3 is 0 Å².